The second kappa shape index (κ2) is 4.90. The number of nitrogens with one attached hydrogen (secondary N) is 1. The van der Waals surface area contributed by atoms with Gasteiger partial charge in [0.15, 0.2) is 0 Å². The van der Waals surface area contributed by atoms with E-state index in [1.54, 1.807) is 0 Å². The molecule has 0 fully saturated rings. The van der Waals surface area contributed by atoms with Crippen LogP contribution < -0.4 is 5.32 Å². The van der Waals surface area contributed by atoms with Crippen molar-refractivity contribution in [2.75, 3.05) is 5.32 Å². The minimum absolute atomic E-state index is 0.0467. The van der Waals surface area contributed by atoms with E-state index in [1.165, 1.54) is 0 Å². The van der Waals surface area contributed by atoms with E-state index in [4.69, 9.17) is 0 Å². The zero-order chi connectivity index (χ0) is 13.2. The Morgan fingerprint density at radius 1 is 1.47 bits per heavy atom. The topological polar surface area (TPSA) is 46.9 Å². The van der Waals surface area contributed by atoms with Crippen LogP contribution in [0.3, 0.4) is 0 Å². The van der Waals surface area contributed by atoms with Gasteiger partial charge in [0, 0.05) is 12.5 Å². The van der Waals surface area contributed by atoms with Crippen LogP contribution in [-0.4, -0.2) is 15.7 Å². The van der Waals surface area contributed by atoms with Crippen LogP contribution in [0.1, 0.15) is 46.7 Å². The molecule has 0 aromatic carbocycles. The molecule has 0 atom stereocenters. The molecule has 0 aliphatic rings. The fourth-order valence-electron chi connectivity index (χ4n) is 1.66. The number of hydrogen-bond donors (Lipinski definition) is 1. The number of nitrogens with zero attached hydrogens (tertiary/aromatic N) is 2. The van der Waals surface area contributed by atoms with Gasteiger partial charge in [0.25, 0.3) is 0 Å². The highest BCUT2D eigenvalue weighted by atomic mass is 16.1. The quantitative estimate of drug-likeness (QED) is 0.878. The van der Waals surface area contributed by atoms with E-state index >= 15 is 0 Å². The Morgan fingerprint density at radius 3 is 2.53 bits per heavy atom. The van der Waals surface area contributed by atoms with Crippen molar-refractivity contribution < 1.29 is 4.79 Å². The molecule has 0 saturated heterocycles. The summed E-state index contributed by atoms with van der Waals surface area (Å²) in [6.45, 7) is 12.2. The molecule has 1 rings (SSSR count). The van der Waals surface area contributed by atoms with Crippen LogP contribution in [0, 0.1) is 12.8 Å². The molecule has 1 heterocycles. The molecule has 0 spiro atoms. The second-order valence-corrected chi connectivity index (χ2v) is 5.90. The van der Waals surface area contributed by atoms with Crippen molar-refractivity contribution in [3.8, 4) is 0 Å². The lowest BCUT2D eigenvalue weighted by Gasteiger charge is -2.22. The summed E-state index contributed by atoms with van der Waals surface area (Å²) in [7, 11) is 0. The Kier molecular flexibility index (Phi) is 3.96. The lowest BCUT2D eigenvalue weighted by molar-refractivity contribution is -0.116. The van der Waals surface area contributed by atoms with E-state index < -0.39 is 0 Å². The molecule has 0 aliphatic carbocycles. The standard InChI is InChI=1S/C13H23N3O/c1-9(2)7-12(17)14-11-8-10(3)15-16(11)13(4,5)6/h8-9H,7H2,1-6H3,(H,14,17). The van der Waals surface area contributed by atoms with Crippen LogP contribution in [0.2, 0.25) is 0 Å². The average molecular weight is 237 g/mol. The van der Waals surface area contributed by atoms with Crippen LogP contribution in [-0.2, 0) is 10.3 Å². The summed E-state index contributed by atoms with van der Waals surface area (Å²) < 4.78 is 1.86. The Labute approximate surface area is 103 Å². The van der Waals surface area contributed by atoms with Crippen LogP contribution in [0.5, 0.6) is 0 Å². The van der Waals surface area contributed by atoms with Crippen molar-refractivity contribution in [1.82, 2.24) is 9.78 Å². The highest BCUT2D eigenvalue weighted by Crippen LogP contribution is 2.21. The minimum Gasteiger partial charge on any atom is -0.311 e. The summed E-state index contributed by atoms with van der Waals surface area (Å²) in [6.07, 6.45) is 0.536. The molecule has 17 heavy (non-hydrogen) atoms. The second-order valence-electron chi connectivity index (χ2n) is 5.90. The smallest absolute Gasteiger partial charge is 0.225 e. The maximum Gasteiger partial charge on any atom is 0.225 e. The van der Waals surface area contributed by atoms with Gasteiger partial charge in [0.2, 0.25) is 5.91 Å². The van der Waals surface area contributed by atoms with Gasteiger partial charge >= 0.3 is 0 Å². The summed E-state index contributed by atoms with van der Waals surface area (Å²) in [5.41, 5.74) is 0.786. The third kappa shape index (κ3) is 3.88. The first-order valence-electron chi connectivity index (χ1n) is 6.07. The molecule has 0 radical (unpaired) electrons. The zero-order valence-corrected chi connectivity index (χ0v) is 11.7. The molecule has 0 saturated carbocycles. The van der Waals surface area contributed by atoms with Gasteiger partial charge in [-0.15, -0.1) is 0 Å². The molecule has 1 N–H and O–H groups in total. The van der Waals surface area contributed by atoms with Crippen molar-refractivity contribution in [2.24, 2.45) is 5.92 Å². The van der Waals surface area contributed by atoms with Gasteiger partial charge in [-0.3, -0.25) is 4.79 Å². The number of amides is 1. The van der Waals surface area contributed by atoms with Crippen LogP contribution in [0.25, 0.3) is 0 Å². The SMILES string of the molecule is Cc1cc(NC(=O)CC(C)C)n(C(C)(C)C)n1. The number of carbonyl (C=O) groups is 1. The summed E-state index contributed by atoms with van der Waals surface area (Å²) in [4.78, 5) is 11.8. The van der Waals surface area contributed by atoms with Crippen LogP contribution >= 0.6 is 0 Å². The first kappa shape index (κ1) is 13.7. The van der Waals surface area contributed by atoms with E-state index in [9.17, 15) is 4.79 Å². The van der Waals surface area contributed by atoms with E-state index in [2.05, 4.69) is 31.2 Å². The summed E-state index contributed by atoms with van der Waals surface area (Å²) >= 11 is 0. The van der Waals surface area contributed by atoms with E-state index in [-0.39, 0.29) is 11.4 Å². The molecule has 1 amide bonds. The predicted molar refractivity (Wildman–Crippen MR) is 70.0 cm³/mol. The molecule has 96 valence electrons. The predicted octanol–water partition coefficient (Wildman–Crippen LogP) is 2.93. The van der Waals surface area contributed by atoms with Gasteiger partial charge in [0.1, 0.15) is 5.82 Å². The number of anilines is 1. The molecule has 0 bridgehead atoms. The van der Waals surface area contributed by atoms with Crippen LogP contribution in [0.15, 0.2) is 6.07 Å². The Balaban J connectivity index is 2.88. The lowest BCUT2D eigenvalue weighted by atomic mass is 10.1. The minimum atomic E-state index is -0.130. The summed E-state index contributed by atoms with van der Waals surface area (Å²) in [6, 6.07) is 1.91. The molecule has 1 aromatic rings. The van der Waals surface area contributed by atoms with Gasteiger partial charge in [-0.2, -0.15) is 5.10 Å². The first-order valence-corrected chi connectivity index (χ1v) is 6.07. The highest BCUT2D eigenvalue weighted by Gasteiger charge is 2.19. The normalized spacial score (nSPS) is 11.9. The fourth-order valence-corrected chi connectivity index (χ4v) is 1.66. The zero-order valence-electron chi connectivity index (χ0n) is 11.7. The average Bonchev–Trinajstić information content (AvgIpc) is 2.43. The number of aryl methyl sites for hydroxylation is 1. The van der Waals surface area contributed by atoms with Gasteiger partial charge in [-0.05, 0) is 33.6 Å². The maximum atomic E-state index is 11.8. The Hall–Kier alpha value is -1.32. The van der Waals surface area contributed by atoms with Gasteiger partial charge in [0.05, 0.1) is 11.2 Å². The van der Waals surface area contributed by atoms with Gasteiger partial charge in [-0.25, -0.2) is 4.68 Å². The monoisotopic (exact) mass is 237 g/mol. The Morgan fingerprint density at radius 2 is 2.06 bits per heavy atom. The van der Waals surface area contributed by atoms with Crippen molar-refractivity contribution in [2.45, 2.75) is 53.5 Å². The first-order chi connectivity index (χ1) is 7.70. The molecular weight excluding hydrogens is 214 g/mol. The molecular formula is C13H23N3O. The maximum absolute atomic E-state index is 11.8. The molecule has 4 heteroatoms. The van der Waals surface area contributed by atoms with E-state index in [1.807, 2.05) is 31.5 Å². The van der Waals surface area contributed by atoms with E-state index in [0.717, 1.165) is 11.5 Å². The van der Waals surface area contributed by atoms with Crippen molar-refractivity contribution in [3.05, 3.63) is 11.8 Å². The third-order valence-corrected chi connectivity index (χ3v) is 2.33. The van der Waals surface area contributed by atoms with Crippen molar-refractivity contribution >= 4 is 11.7 Å². The molecule has 0 unspecified atom stereocenters. The lowest BCUT2D eigenvalue weighted by Crippen LogP contribution is -2.27. The van der Waals surface area contributed by atoms with Gasteiger partial charge in [-0.1, -0.05) is 13.8 Å². The fraction of sp³-hybridized carbons (Fsp3) is 0.692. The molecule has 4 nitrogen and oxygen atoms in total. The van der Waals surface area contributed by atoms with Crippen LogP contribution in [0.4, 0.5) is 5.82 Å². The largest absolute Gasteiger partial charge is 0.311 e. The van der Waals surface area contributed by atoms with Crippen molar-refractivity contribution in [3.63, 3.8) is 0 Å². The highest BCUT2D eigenvalue weighted by molar-refractivity contribution is 5.90. The van der Waals surface area contributed by atoms with E-state index in [0.29, 0.717) is 12.3 Å². The third-order valence-electron chi connectivity index (χ3n) is 2.33. The Bertz CT molecular complexity index is 399. The summed E-state index contributed by atoms with van der Waals surface area (Å²) in [5.74, 6) is 1.19. The molecule has 1 aromatic heterocycles. The number of carbonyl (C=O) groups excluding carboxylic acids is 1. The van der Waals surface area contributed by atoms with Crippen molar-refractivity contribution in [1.29, 1.82) is 0 Å². The van der Waals surface area contributed by atoms with Gasteiger partial charge < -0.3 is 5.32 Å². The number of hydrogen-bond acceptors (Lipinski definition) is 2. The number of aromatic nitrogens is 2. The number of rotatable bonds is 3. The molecule has 0 aliphatic heterocycles. The summed E-state index contributed by atoms with van der Waals surface area (Å²) in [5, 5.41) is 7.35.